The summed E-state index contributed by atoms with van der Waals surface area (Å²) in [5.41, 5.74) is 4.72. The summed E-state index contributed by atoms with van der Waals surface area (Å²) in [6.07, 6.45) is 0.698. The van der Waals surface area contributed by atoms with E-state index in [0.717, 1.165) is 21.9 Å². The van der Waals surface area contributed by atoms with E-state index in [1.54, 1.807) is 28.6 Å². The Balaban J connectivity index is 1.98. The highest BCUT2D eigenvalue weighted by atomic mass is 35.5. The van der Waals surface area contributed by atoms with E-state index in [9.17, 15) is 4.39 Å². The molecule has 1 unspecified atom stereocenters. The average molecular weight is 329 g/mol. The number of nitrogens with two attached hydrogens (primary N) is 1. The summed E-state index contributed by atoms with van der Waals surface area (Å²) in [7, 11) is 1.82. The second-order valence-corrected chi connectivity index (χ2v) is 6.26. The van der Waals surface area contributed by atoms with Gasteiger partial charge in [0, 0.05) is 29.3 Å². The predicted molar refractivity (Wildman–Crippen MR) is 84.9 cm³/mol. The van der Waals surface area contributed by atoms with Crippen LogP contribution in [0.5, 0.6) is 0 Å². The van der Waals surface area contributed by atoms with Gasteiger partial charge in [-0.2, -0.15) is 5.10 Å². The molecule has 0 fully saturated rings. The normalized spacial score (nSPS) is 12.6. The molecule has 3 N–H and O–H groups in total. The van der Waals surface area contributed by atoms with Crippen molar-refractivity contribution in [2.45, 2.75) is 24.3 Å². The summed E-state index contributed by atoms with van der Waals surface area (Å²) in [6, 6.07) is 6.48. The Hall–Kier alpha value is -1.08. The molecular weight excluding hydrogens is 311 g/mol. The maximum absolute atomic E-state index is 12.9. The number of thioether (sulfide) groups is 1. The number of hydrogen-bond acceptors (Lipinski definition) is 4. The molecule has 1 atom stereocenters. The molecule has 0 aliphatic rings. The van der Waals surface area contributed by atoms with E-state index in [4.69, 9.17) is 17.4 Å². The molecule has 1 heterocycles. The molecule has 0 amide bonds. The third-order valence-corrected chi connectivity index (χ3v) is 4.87. The van der Waals surface area contributed by atoms with Gasteiger partial charge >= 0.3 is 0 Å². The Labute approximate surface area is 132 Å². The number of nitrogens with one attached hydrogen (secondary N) is 1. The molecule has 0 spiro atoms. The zero-order chi connectivity index (χ0) is 15.4. The van der Waals surface area contributed by atoms with Crippen LogP contribution in [0.15, 0.2) is 29.2 Å². The fourth-order valence-corrected chi connectivity index (χ4v) is 3.23. The minimum Gasteiger partial charge on any atom is -0.271 e. The number of rotatable bonds is 6. The molecule has 2 aromatic rings. The van der Waals surface area contributed by atoms with Gasteiger partial charge in [-0.05, 0) is 37.6 Å². The molecule has 0 saturated heterocycles. The number of hydrazine groups is 1. The van der Waals surface area contributed by atoms with Crippen LogP contribution in [0.3, 0.4) is 0 Å². The van der Waals surface area contributed by atoms with Crippen LogP contribution in [0.4, 0.5) is 4.39 Å². The van der Waals surface area contributed by atoms with Crippen molar-refractivity contribution in [3.05, 3.63) is 46.5 Å². The number of nitrogens with zero attached hydrogens (tertiary/aromatic N) is 2. The van der Waals surface area contributed by atoms with Crippen molar-refractivity contribution in [2.24, 2.45) is 12.9 Å². The van der Waals surface area contributed by atoms with Gasteiger partial charge in [0.1, 0.15) is 11.0 Å². The van der Waals surface area contributed by atoms with Crippen molar-refractivity contribution in [2.75, 3.05) is 5.75 Å². The SMILES string of the molecule is Cc1nn(C)c(Cl)c1CC(CSc1ccc(F)cc1)NN. The zero-order valence-electron chi connectivity index (χ0n) is 11.9. The summed E-state index contributed by atoms with van der Waals surface area (Å²) in [5, 5.41) is 4.93. The first-order chi connectivity index (χ1) is 10.0. The highest BCUT2D eigenvalue weighted by molar-refractivity contribution is 7.99. The Morgan fingerprint density at radius 2 is 2.10 bits per heavy atom. The van der Waals surface area contributed by atoms with Crippen molar-refractivity contribution < 1.29 is 4.39 Å². The van der Waals surface area contributed by atoms with Crippen LogP contribution >= 0.6 is 23.4 Å². The van der Waals surface area contributed by atoms with Gasteiger partial charge in [0.2, 0.25) is 0 Å². The smallest absolute Gasteiger partial charge is 0.130 e. The maximum Gasteiger partial charge on any atom is 0.130 e. The zero-order valence-corrected chi connectivity index (χ0v) is 13.5. The molecule has 0 saturated carbocycles. The highest BCUT2D eigenvalue weighted by Gasteiger charge is 2.16. The highest BCUT2D eigenvalue weighted by Crippen LogP contribution is 2.23. The van der Waals surface area contributed by atoms with Crippen LogP contribution in [0.2, 0.25) is 5.15 Å². The summed E-state index contributed by atoms with van der Waals surface area (Å²) in [4.78, 5) is 1.01. The van der Waals surface area contributed by atoms with Gasteiger partial charge in [0.25, 0.3) is 0 Å². The summed E-state index contributed by atoms with van der Waals surface area (Å²) < 4.78 is 14.5. The summed E-state index contributed by atoms with van der Waals surface area (Å²) >= 11 is 7.85. The Morgan fingerprint density at radius 3 is 2.62 bits per heavy atom. The minimum absolute atomic E-state index is 0.0560. The average Bonchev–Trinajstić information content (AvgIpc) is 2.71. The number of hydrogen-bond donors (Lipinski definition) is 2. The largest absolute Gasteiger partial charge is 0.271 e. The number of benzene rings is 1. The third-order valence-electron chi connectivity index (χ3n) is 3.22. The van der Waals surface area contributed by atoms with E-state index >= 15 is 0 Å². The molecule has 0 radical (unpaired) electrons. The first-order valence-electron chi connectivity index (χ1n) is 6.53. The van der Waals surface area contributed by atoms with Gasteiger partial charge in [0.05, 0.1) is 5.69 Å². The molecule has 21 heavy (non-hydrogen) atoms. The first-order valence-corrected chi connectivity index (χ1v) is 7.90. The fourth-order valence-electron chi connectivity index (χ4n) is 2.05. The Bertz CT molecular complexity index is 600. The molecule has 4 nitrogen and oxygen atoms in total. The van der Waals surface area contributed by atoms with Crippen LogP contribution in [-0.2, 0) is 13.5 Å². The lowest BCUT2D eigenvalue weighted by molar-refractivity contribution is 0.574. The van der Waals surface area contributed by atoms with Crippen molar-refractivity contribution in [1.82, 2.24) is 15.2 Å². The van der Waals surface area contributed by atoms with Crippen molar-refractivity contribution in [1.29, 1.82) is 0 Å². The molecule has 2 rings (SSSR count). The molecule has 0 aliphatic heterocycles. The van der Waals surface area contributed by atoms with Crippen LogP contribution in [0, 0.1) is 12.7 Å². The van der Waals surface area contributed by atoms with Gasteiger partial charge in [-0.25, -0.2) is 4.39 Å². The number of halogens is 2. The van der Waals surface area contributed by atoms with E-state index in [-0.39, 0.29) is 11.9 Å². The van der Waals surface area contributed by atoms with Crippen LogP contribution in [0.25, 0.3) is 0 Å². The predicted octanol–water partition coefficient (Wildman–Crippen LogP) is 2.69. The lowest BCUT2D eigenvalue weighted by atomic mass is 10.1. The quantitative estimate of drug-likeness (QED) is 0.486. The van der Waals surface area contributed by atoms with Crippen molar-refractivity contribution in [3.8, 4) is 0 Å². The van der Waals surface area contributed by atoms with Crippen LogP contribution in [-0.4, -0.2) is 21.6 Å². The topological polar surface area (TPSA) is 55.9 Å². The lowest BCUT2D eigenvalue weighted by Crippen LogP contribution is -2.38. The Kier molecular flexibility index (Phi) is 5.64. The minimum atomic E-state index is -0.231. The second-order valence-electron chi connectivity index (χ2n) is 4.81. The van der Waals surface area contributed by atoms with Gasteiger partial charge in [-0.3, -0.25) is 16.0 Å². The lowest BCUT2D eigenvalue weighted by Gasteiger charge is -2.15. The van der Waals surface area contributed by atoms with E-state index in [1.165, 1.54) is 12.1 Å². The summed E-state index contributed by atoms with van der Waals surface area (Å²) in [6.45, 7) is 1.93. The number of aryl methyl sites for hydroxylation is 2. The fraction of sp³-hybridized carbons (Fsp3) is 0.357. The second kappa shape index (κ2) is 7.26. The van der Waals surface area contributed by atoms with Crippen LogP contribution in [0.1, 0.15) is 11.3 Å². The first kappa shape index (κ1) is 16.3. The maximum atomic E-state index is 12.9. The van der Waals surface area contributed by atoms with Crippen LogP contribution < -0.4 is 11.3 Å². The van der Waals surface area contributed by atoms with Gasteiger partial charge in [-0.1, -0.05) is 11.6 Å². The molecular formula is C14H18ClFN4S. The van der Waals surface area contributed by atoms with Crippen molar-refractivity contribution in [3.63, 3.8) is 0 Å². The molecule has 1 aromatic carbocycles. The van der Waals surface area contributed by atoms with E-state index in [0.29, 0.717) is 11.6 Å². The molecule has 114 valence electrons. The third kappa shape index (κ3) is 4.20. The standard InChI is InChI=1S/C14H18ClFN4S/c1-9-13(14(15)20(2)19-9)7-11(18-17)8-21-12-5-3-10(16)4-6-12/h3-6,11,18H,7-8,17H2,1-2H3. The molecule has 7 heteroatoms. The molecule has 1 aromatic heterocycles. The number of aromatic nitrogens is 2. The van der Waals surface area contributed by atoms with E-state index in [1.807, 2.05) is 14.0 Å². The monoisotopic (exact) mass is 328 g/mol. The van der Waals surface area contributed by atoms with E-state index < -0.39 is 0 Å². The Morgan fingerprint density at radius 1 is 1.43 bits per heavy atom. The van der Waals surface area contributed by atoms with Crippen molar-refractivity contribution >= 4 is 23.4 Å². The molecule has 0 aliphatic carbocycles. The van der Waals surface area contributed by atoms with Gasteiger partial charge in [-0.15, -0.1) is 11.8 Å². The van der Waals surface area contributed by atoms with E-state index in [2.05, 4.69) is 10.5 Å². The van der Waals surface area contributed by atoms with Gasteiger partial charge in [0.15, 0.2) is 0 Å². The van der Waals surface area contributed by atoms with Gasteiger partial charge < -0.3 is 0 Å². The molecule has 0 bridgehead atoms. The summed E-state index contributed by atoms with van der Waals surface area (Å²) in [5.74, 6) is 6.15.